The molecule has 15 heavy (non-hydrogen) atoms. The van der Waals surface area contributed by atoms with E-state index in [1.54, 1.807) is 0 Å². The summed E-state index contributed by atoms with van der Waals surface area (Å²) in [5, 5.41) is 0. The highest BCUT2D eigenvalue weighted by molar-refractivity contribution is 5.74. The average molecular weight is 206 g/mol. The number of H-pyrrole nitrogens is 2. The second kappa shape index (κ2) is 4.31. The lowest BCUT2D eigenvalue weighted by molar-refractivity contribution is 0.151. The summed E-state index contributed by atoms with van der Waals surface area (Å²) in [6.07, 6.45) is 0.872. The van der Waals surface area contributed by atoms with Crippen LogP contribution in [0.25, 0.3) is 11.0 Å². The minimum Gasteiger partial charge on any atom is -0.381 e. The first-order valence-corrected chi connectivity index (χ1v) is 5.08. The molecule has 0 radical (unpaired) electrons. The van der Waals surface area contributed by atoms with E-state index in [1.807, 2.05) is 25.1 Å². The summed E-state index contributed by atoms with van der Waals surface area (Å²) >= 11 is 0. The maximum Gasteiger partial charge on any atom is 0.323 e. The Hall–Kier alpha value is -1.55. The van der Waals surface area contributed by atoms with Crippen molar-refractivity contribution in [1.29, 1.82) is 0 Å². The van der Waals surface area contributed by atoms with Crippen LogP contribution in [0.5, 0.6) is 0 Å². The largest absolute Gasteiger partial charge is 0.381 e. The van der Waals surface area contributed by atoms with Gasteiger partial charge in [0.05, 0.1) is 17.6 Å². The highest BCUT2D eigenvalue weighted by atomic mass is 16.5. The average Bonchev–Trinajstić information content (AvgIpc) is 2.57. The van der Waals surface area contributed by atoms with Gasteiger partial charge in [-0.15, -0.1) is 0 Å². The van der Waals surface area contributed by atoms with Gasteiger partial charge in [-0.1, -0.05) is 6.07 Å². The predicted octanol–water partition coefficient (Wildman–Crippen LogP) is 1.44. The Morgan fingerprint density at radius 2 is 2.07 bits per heavy atom. The molecule has 0 saturated heterocycles. The first-order chi connectivity index (χ1) is 7.29. The Labute approximate surface area is 87.3 Å². The van der Waals surface area contributed by atoms with Crippen molar-refractivity contribution in [3.8, 4) is 0 Å². The number of benzene rings is 1. The summed E-state index contributed by atoms with van der Waals surface area (Å²) in [5.74, 6) is 0. The van der Waals surface area contributed by atoms with E-state index in [0.29, 0.717) is 0 Å². The van der Waals surface area contributed by atoms with E-state index >= 15 is 0 Å². The van der Waals surface area contributed by atoms with Crippen LogP contribution >= 0.6 is 0 Å². The van der Waals surface area contributed by atoms with Crippen molar-refractivity contribution >= 4 is 11.0 Å². The zero-order chi connectivity index (χ0) is 10.7. The molecule has 0 amide bonds. The van der Waals surface area contributed by atoms with Crippen LogP contribution in [0.4, 0.5) is 0 Å². The molecule has 0 spiro atoms. The summed E-state index contributed by atoms with van der Waals surface area (Å²) < 4.78 is 5.27. The molecule has 2 N–H and O–H groups in total. The SMILES string of the molecule is CCOCCc1ccc2[nH]c(=O)[nH]c2c1. The maximum absolute atomic E-state index is 11.0. The fourth-order valence-electron chi connectivity index (χ4n) is 1.57. The summed E-state index contributed by atoms with van der Waals surface area (Å²) in [6.45, 7) is 3.44. The van der Waals surface area contributed by atoms with Crippen LogP contribution in [0.15, 0.2) is 23.0 Å². The first kappa shape index (κ1) is 9.98. The number of fused-ring (bicyclic) bond motifs is 1. The van der Waals surface area contributed by atoms with Crippen LogP contribution in [-0.2, 0) is 11.2 Å². The Bertz CT molecular complexity index is 499. The molecule has 4 nitrogen and oxygen atoms in total. The van der Waals surface area contributed by atoms with E-state index in [1.165, 1.54) is 5.56 Å². The van der Waals surface area contributed by atoms with Gasteiger partial charge in [-0.25, -0.2) is 4.79 Å². The van der Waals surface area contributed by atoms with Crippen LogP contribution in [0.1, 0.15) is 12.5 Å². The molecule has 0 bridgehead atoms. The van der Waals surface area contributed by atoms with E-state index < -0.39 is 0 Å². The molecule has 0 unspecified atom stereocenters. The van der Waals surface area contributed by atoms with Crippen molar-refractivity contribution in [2.75, 3.05) is 13.2 Å². The molecule has 0 saturated carbocycles. The number of aromatic nitrogens is 2. The molecule has 1 heterocycles. The highest BCUT2D eigenvalue weighted by Crippen LogP contribution is 2.10. The Morgan fingerprint density at radius 3 is 2.87 bits per heavy atom. The zero-order valence-corrected chi connectivity index (χ0v) is 8.67. The number of hydrogen-bond acceptors (Lipinski definition) is 2. The highest BCUT2D eigenvalue weighted by Gasteiger charge is 1.99. The fourth-order valence-corrected chi connectivity index (χ4v) is 1.57. The van der Waals surface area contributed by atoms with Crippen LogP contribution in [0.2, 0.25) is 0 Å². The van der Waals surface area contributed by atoms with E-state index in [4.69, 9.17) is 4.74 Å². The van der Waals surface area contributed by atoms with E-state index in [2.05, 4.69) is 9.97 Å². The van der Waals surface area contributed by atoms with Gasteiger partial charge < -0.3 is 14.7 Å². The molecule has 0 atom stereocenters. The normalized spacial score (nSPS) is 11.0. The van der Waals surface area contributed by atoms with Crippen molar-refractivity contribution in [2.45, 2.75) is 13.3 Å². The molecular weight excluding hydrogens is 192 g/mol. The van der Waals surface area contributed by atoms with E-state index in [0.717, 1.165) is 30.7 Å². The zero-order valence-electron chi connectivity index (χ0n) is 8.67. The van der Waals surface area contributed by atoms with Gasteiger partial charge in [-0.3, -0.25) is 0 Å². The molecular formula is C11H14N2O2. The van der Waals surface area contributed by atoms with Crippen LogP contribution < -0.4 is 5.69 Å². The molecule has 2 aromatic rings. The summed E-state index contributed by atoms with van der Waals surface area (Å²) in [5.41, 5.74) is 2.72. The van der Waals surface area contributed by atoms with Gasteiger partial charge in [0.25, 0.3) is 0 Å². The molecule has 4 heteroatoms. The van der Waals surface area contributed by atoms with Gasteiger partial charge in [0.15, 0.2) is 0 Å². The van der Waals surface area contributed by atoms with Gasteiger partial charge in [0, 0.05) is 6.61 Å². The molecule has 80 valence electrons. The predicted molar refractivity (Wildman–Crippen MR) is 59.1 cm³/mol. The lowest BCUT2D eigenvalue weighted by atomic mass is 10.1. The summed E-state index contributed by atoms with van der Waals surface area (Å²) in [6, 6.07) is 5.89. The number of nitrogens with one attached hydrogen (secondary N) is 2. The maximum atomic E-state index is 11.0. The monoisotopic (exact) mass is 206 g/mol. The second-order valence-electron chi connectivity index (χ2n) is 3.41. The van der Waals surface area contributed by atoms with Crippen molar-refractivity contribution in [3.63, 3.8) is 0 Å². The Morgan fingerprint density at radius 1 is 1.27 bits per heavy atom. The summed E-state index contributed by atoms with van der Waals surface area (Å²) in [4.78, 5) is 16.5. The number of rotatable bonds is 4. The third-order valence-electron chi connectivity index (χ3n) is 2.32. The number of hydrogen-bond donors (Lipinski definition) is 2. The Kier molecular flexibility index (Phi) is 2.87. The van der Waals surface area contributed by atoms with Gasteiger partial charge in [-0.2, -0.15) is 0 Å². The minimum atomic E-state index is -0.160. The van der Waals surface area contributed by atoms with E-state index in [-0.39, 0.29) is 5.69 Å². The molecule has 0 fully saturated rings. The molecule has 0 aliphatic carbocycles. The molecule has 0 aliphatic heterocycles. The smallest absolute Gasteiger partial charge is 0.323 e. The molecule has 1 aromatic carbocycles. The van der Waals surface area contributed by atoms with Crippen molar-refractivity contribution in [3.05, 3.63) is 34.2 Å². The minimum absolute atomic E-state index is 0.160. The van der Waals surface area contributed by atoms with Gasteiger partial charge in [-0.05, 0) is 31.0 Å². The lowest BCUT2D eigenvalue weighted by Crippen LogP contribution is -1.99. The Balaban J connectivity index is 2.19. The second-order valence-corrected chi connectivity index (χ2v) is 3.41. The molecule has 1 aromatic heterocycles. The lowest BCUT2D eigenvalue weighted by Gasteiger charge is -2.01. The third-order valence-corrected chi connectivity index (χ3v) is 2.32. The molecule has 0 aliphatic rings. The van der Waals surface area contributed by atoms with Gasteiger partial charge in [0.2, 0.25) is 0 Å². The summed E-state index contributed by atoms with van der Waals surface area (Å²) in [7, 11) is 0. The van der Waals surface area contributed by atoms with Gasteiger partial charge >= 0.3 is 5.69 Å². The van der Waals surface area contributed by atoms with E-state index in [9.17, 15) is 4.79 Å². The van der Waals surface area contributed by atoms with Crippen molar-refractivity contribution in [1.82, 2.24) is 9.97 Å². The van der Waals surface area contributed by atoms with Gasteiger partial charge in [0.1, 0.15) is 0 Å². The number of ether oxygens (including phenoxy) is 1. The van der Waals surface area contributed by atoms with Crippen LogP contribution in [-0.4, -0.2) is 23.2 Å². The van der Waals surface area contributed by atoms with Crippen LogP contribution in [0.3, 0.4) is 0 Å². The van der Waals surface area contributed by atoms with Crippen LogP contribution in [0, 0.1) is 0 Å². The quantitative estimate of drug-likeness (QED) is 0.743. The number of imidazole rings is 1. The van der Waals surface area contributed by atoms with Crippen molar-refractivity contribution in [2.24, 2.45) is 0 Å². The number of aromatic amines is 2. The standard InChI is InChI=1S/C11H14N2O2/c1-2-15-6-5-8-3-4-9-10(7-8)13-11(14)12-9/h3-4,7H,2,5-6H2,1H3,(H2,12,13,14). The molecule has 2 rings (SSSR count). The fraction of sp³-hybridized carbons (Fsp3) is 0.364. The van der Waals surface area contributed by atoms with Crippen molar-refractivity contribution < 1.29 is 4.74 Å². The topological polar surface area (TPSA) is 57.9 Å². The first-order valence-electron chi connectivity index (χ1n) is 5.08. The third kappa shape index (κ3) is 2.27.